The Morgan fingerprint density at radius 2 is 1.69 bits per heavy atom. The maximum atomic E-state index is 13.2. The van der Waals surface area contributed by atoms with E-state index in [0.29, 0.717) is 17.9 Å². The summed E-state index contributed by atoms with van der Waals surface area (Å²) in [6.07, 6.45) is 0.530. The molecule has 0 spiro atoms. The van der Waals surface area contributed by atoms with E-state index >= 15 is 0 Å². The number of amides is 2. The van der Waals surface area contributed by atoms with E-state index in [1.807, 2.05) is 19.1 Å². The molecule has 4 rings (SSSR count). The van der Waals surface area contributed by atoms with Gasteiger partial charge in [0.1, 0.15) is 11.7 Å². The summed E-state index contributed by atoms with van der Waals surface area (Å²) in [6, 6.07) is 14.0. The van der Waals surface area contributed by atoms with Crippen LogP contribution in [0.1, 0.15) is 24.8 Å². The van der Waals surface area contributed by atoms with Crippen molar-refractivity contribution in [1.82, 2.24) is 0 Å². The van der Waals surface area contributed by atoms with Crippen LogP contribution < -0.4 is 9.64 Å². The monoisotopic (exact) mass is 413 g/mol. The number of fused-ring (bicyclic) bond motifs is 3. The third kappa shape index (κ3) is 2.48. The van der Waals surface area contributed by atoms with Crippen LogP contribution >= 0.6 is 15.9 Å². The molecule has 3 atom stereocenters. The highest BCUT2D eigenvalue weighted by Gasteiger charge is 2.55. The second kappa shape index (κ2) is 6.36. The molecule has 2 amide bonds. The zero-order valence-corrected chi connectivity index (χ0v) is 15.6. The minimum atomic E-state index is -1.00. The van der Waals surface area contributed by atoms with Gasteiger partial charge >= 0.3 is 5.97 Å². The fourth-order valence-corrected chi connectivity index (χ4v) is 4.16. The Kier molecular flexibility index (Phi) is 4.15. The summed E-state index contributed by atoms with van der Waals surface area (Å²) >= 11 is 3.35. The van der Waals surface area contributed by atoms with Crippen LogP contribution in [0.3, 0.4) is 0 Å². The van der Waals surface area contributed by atoms with Crippen molar-refractivity contribution in [2.75, 3.05) is 4.90 Å². The fourth-order valence-electron chi connectivity index (χ4n) is 3.89. The number of piperidine rings is 1. The first kappa shape index (κ1) is 17.0. The summed E-state index contributed by atoms with van der Waals surface area (Å²) in [4.78, 5) is 40.0. The molecule has 1 fully saturated rings. The summed E-state index contributed by atoms with van der Waals surface area (Å²) in [5.74, 6) is -2.89. The molecular formula is C20H16BrNO4. The Morgan fingerprint density at radius 3 is 2.38 bits per heavy atom. The molecule has 1 saturated heterocycles. The molecule has 0 aliphatic carbocycles. The lowest BCUT2D eigenvalue weighted by Gasteiger charge is -2.42. The smallest absolute Gasteiger partial charge is 0.324 e. The summed E-state index contributed by atoms with van der Waals surface area (Å²) in [7, 11) is 0. The number of carbonyl (C=O) groups is 3. The van der Waals surface area contributed by atoms with Crippen molar-refractivity contribution in [3.8, 4) is 5.75 Å². The minimum absolute atomic E-state index is 0.273. The van der Waals surface area contributed by atoms with E-state index in [1.165, 1.54) is 0 Å². The SMILES string of the molecule is CC[C@@H]1C(=O)N(c2ccc(Br)cc2)C(=O)[C@@H]2C(=O)Oc3ccccc3[C@@H]21. The second-order valence-electron chi connectivity index (χ2n) is 6.47. The maximum Gasteiger partial charge on any atom is 0.324 e. The van der Waals surface area contributed by atoms with Crippen LogP contribution in [0.4, 0.5) is 5.69 Å². The number of para-hydroxylation sites is 1. The number of nitrogens with zero attached hydrogens (tertiary/aromatic N) is 1. The molecule has 2 aliphatic heterocycles. The quantitative estimate of drug-likeness (QED) is 0.326. The van der Waals surface area contributed by atoms with Crippen LogP contribution in [0, 0.1) is 11.8 Å². The maximum absolute atomic E-state index is 13.2. The average Bonchev–Trinajstić information content (AvgIpc) is 2.63. The van der Waals surface area contributed by atoms with Gasteiger partial charge in [0, 0.05) is 21.9 Å². The molecule has 2 aliphatic rings. The van der Waals surface area contributed by atoms with Gasteiger partial charge in [-0.15, -0.1) is 0 Å². The normalized spacial score (nSPS) is 24.8. The van der Waals surface area contributed by atoms with E-state index in [1.54, 1.807) is 36.4 Å². The summed E-state index contributed by atoms with van der Waals surface area (Å²) in [6.45, 7) is 1.90. The summed E-state index contributed by atoms with van der Waals surface area (Å²) in [5.41, 5.74) is 1.22. The number of halogens is 1. The molecule has 26 heavy (non-hydrogen) atoms. The third-order valence-electron chi connectivity index (χ3n) is 5.08. The van der Waals surface area contributed by atoms with Crippen LogP contribution in [0.25, 0.3) is 0 Å². The average molecular weight is 414 g/mol. The molecular weight excluding hydrogens is 398 g/mol. The first-order chi connectivity index (χ1) is 12.5. The Bertz CT molecular complexity index is 908. The zero-order valence-electron chi connectivity index (χ0n) is 14.0. The second-order valence-corrected chi connectivity index (χ2v) is 7.38. The molecule has 0 saturated carbocycles. The lowest BCUT2D eigenvalue weighted by atomic mass is 9.70. The number of esters is 1. The molecule has 132 valence electrons. The van der Waals surface area contributed by atoms with Gasteiger partial charge in [0.15, 0.2) is 0 Å². The van der Waals surface area contributed by atoms with E-state index in [4.69, 9.17) is 4.74 Å². The van der Waals surface area contributed by atoms with Crippen molar-refractivity contribution in [3.63, 3.8) is 0 Å². The molecule has 5 nitrogen and oxygen atoms in total. The molecule has 0 N–H and O–H groups in total. The lowest BCUT2D eigenvalue weighted by Crippen LogP contribution is -2.57. The van der Waals surface area contributed by atoms with Crippen molar-refractivity contribution in [3.05, 3.63) is 58.6 Å². The van der Waals surface area contributed by atoms with E-state index in [2.05, 4.69) is 15.9 Å². The first-order valence-electron chi connectivity index (χ1n) is 8.47. The zero-order chi connectivity index (χ0) is 18.4. The van der Waals surface area contributed by atoms with Crippen LogP contribution in [0.5, 0.6) is 5.75 Å². The molecule has 0 bridgehead atoms. The van der Waals surface area contributed by atoms with Gasteiger partial charge in [-0.25, -0.2) is 4.90 Å². The first-order valence-corrected chi connectivity index (χ1v) is 9.26. The predicted octanol–water partition coefficient (Wildman–Crippen LogP) is 3.67. The highest BCUT2D eigenvalue weighted by Crippen LogP contribution is 2.48. The summed E-state index contributed by atoms with van der Waals surface area (Å²) < 4.78 is 6.24. The largest absolute Gasteiger partial charge is 0.426 e. The van der Waals surface area contributed by atoms with Gasteiger partial charge < -0.3 is 4.74 Å². The van der Waals surface area contributed by atoms with E-state index < -0.39 is 29.6 Å². The number of rotatable bonds is 2. The van der Waals surface area contributed by atoms with E-state index in [0.717, 1.165) is 14.9 Å². The van der Waals surface area contributed by atoms with Gasteiger partial charge in [0.05, 0.1) is 5.69 Å². The van der Waals surface area contributed by atoms with Gasteiger partial charge in [0.25, 0.3) is 0 Å². The third-order valence-corrected chi connectivity index (χ3v) is 5.61. The number of carbonyl (C=O) groups excluding carboxylic acids is 3. The summed E-state index contributed by atoms with van der Waals surface area (Å²) in [5, 5.41) is 0. The topological polar surface area (TPSA) is 63.7 Å². The van der Waals surface area contributed by atoms with E-state index in [9.17, 15) is 14.4 Å². The molecule has 0 unspecified atom stereocenters. The number of ether oxygens (including phenoxy) is 1. The van der Waals surface area contributed by atoms with Gasteiger partial charge in [-0.05, 0) is 36.8 Å². The van der Waals surface area contributed by atoms with Crippen molar-refractivity contribution >= 4 is 39.4 Å². The Morgan fingerprint density at radius 1 is 1.00 bits per heavy atom. The molecule has 2 aromatic rings. The highest BCUT2D eigenvalue weighted by molar-refractivity contribution is 9.10. The number of benzene rings is 2. The number of imide groups is 1. The fraction of sp³-hybridized carbons (Fsp3) is 0.250. The van der Waals surface area contributed by atoms with Crippen LogP contribution in [-0.4, -0.2) is 17.8 Å². The molecule has 2 heterocycles. The number of hydrogen-bond donors (Lipinski definition) is 0. The van der Waals surface area contributed by atoms with Gasteiger partial charge in [-0.3, -0.25) is 14.4 Å². The highest BCUT2D eigenvalue weighted by atomic mass is 79.9. The number of anilines is 1. The van der Waals surface area contributed by atoms with Crippen molar-refractivity contribution in [2.45, 2.75) is 19.3 Å². The van der Waals surface area contributed by atoms with Crippen molar-refractivity contribution in [1.29, 1.82) is 0 Å². The predicted molar refractivity (Wildman–Crippen MR) is 98.7 cm³/mol. The Hall–Kier alpha value is -2.47. The minimum Gasteiger partial charge on any atom is -0.426 e. The standard InChI is InChI=1S/C20H16BrNO4/c1-2-13-16-14-5-3-4-6-15(14)26-20(25)17(16)19(24)22(18(13)23)12-9-7-11(21)8-10-12/h3-10,13,16-17H,2H2,1H3/t13-,16-,17+/m0/s1. The van der Waals surface area contributed by atoms with Gasteiger partial charge in [-0.2, -0.15) is 0 Å². The number of hydrogen-bond acceptors (Lipinski definition) is 4. The van der Waals surface area contributed by atoms with Crippen LogP contribution in [0.15, 0.2) is 53.0 Å². The molecule has 6 heteroatoms. The molecule has 2 aromatic carbocycles. The van der Waals surface area contributed by atoms with Gasteiger partial charge in [-0.1, -0.05) is 41.1 Å². The van der Waals surface area contributed by atoms with Crippen molar-refractivity contribution < 1.29 is 19.1 Å². The van der Waals surface area contributed by atoms with Crippen LogP contribution in [0.2, 0.25) is 0 Å². The Balaban J connectivity index is 1.84. The molecule has 0 radical (unpaired) electrons. The van der Waals surface area contributed by atoms with E-state index in [-0.39, 0.29) is 5.91 Å². The Labute approximate surface area is 159 Å². The van der Waals surface area contributed by atoms with Gasteiger partial charge in [0.2, 0.25) is 11.8 Å². The van der Waals surface area contributed by atoms with Crippen molar-refractivity contribution in [2.24, 2.45) is 11.8 Å². The lowest BCUT2D eigenvalue weighted by molar-refractivity contribution is -0.151. The van der Waals surface area contributed by atoms with Crippen LogP contribution in [-0.2, 0) is 14.4 Å². The molecule has 0 aromatic heterocycles.